The largest absolute Gasteiger partial charge is 0.315 e. The van der Waals surface area contributed by atoms with Crippen LogP contribution in [0.25, 0.3) is 0 Å². The van der Waals surface area contributed by atoms with E-state index in [-0.39, 0.29) is 10.5 Å². The van der Waals surface area contributed by atoms with Gasteiger partial charge in [-0.15, -0.1) is 0 Å². The molecule has 0 saturated carbocycles. The highest BCUT2D eigenvalue weighted by Gasteiger charge is 2.19. The fraction of sp³-hybridized carbons (Fsp3) is 0. The van der Waals surface area contributed by atoms with Crippen molar-refractivity contribution in [2.45, 2.75) is 4.90 Å². The molecule has 0 aliphatic carbocycles. The van der Waals surface area contributed by atoms with Crippen LogP contribution in [0.5, 0.6) is 0 Å². The van der Waals surface area contributed by atoms with Crippen molar-refractivity contribution in [2.75, 3.05) is 5.43 Å². The molecule has 0 unspecified atom stereocenters. The van der Waals surface area contributed by atoms with Crippen LogP contribution in [0.1, 0.15) is 10.4 Å². The number of nitrogens with one attached hydrogen (secondary N) is 2. The molecule has 0 aliphatic rings. The molecule has 2 aromatic rings. The summed E-state index contributed by atoms with van der Waals surface area (Å²) < 4.78 is 28.5. The maximum Gasteiger partial charge on any atom is 0.315 e. The third-order valence-corrected chi connectivity index (χ3v) is 3.65. The molecule has 0 fully saturated rings. The average molecular weight is 292 g/mol. The van der Waals surface area contributed by atoms with Crippen molar-refractivity contribution in [3.8, 4) is 0 Å². The molecular formula is C13H12N2O4S. The molecule has 0 saturated heterocycles. The smallest absolute Gasteiger partial charge is 0.298 e. The van der Waals surface area contributed by atoms with E-state index in [4.69, 9.17) is 0 Å². The van der Waals surface area contributed by atoms with E-state index in [1.54, 1.807) is 30.3 Å². The van der Waals surface area contributed by atoms with Crippen LogP contribution in [0, 0.1) is 0 Å². The molecule has 0 aromatic heterocycles. The number of hydrogen-bond acceptors (Lipinski definition) is 6. The van der Waals surface area contributed by atoms with Gasteiger partial charge in [0.25, 0.3) is 0 Å². The third kappa shape index (κ3) is 3.41. The second kappa shape index (κ2) is 6.29. The van der Waals surface area contributed by atoms with Gasteiger partial charge in [0.1, 0.15) is 4.90 Å². The highest BCUT2D eigenvalue weighted by atomic mass is 32.2. The lowest BCUT2D eigenvalue weighted by Crippen LogP contribution is -2.26. The number of hydrogen-bond donors (Lipinski definition) is 2. The van der Waals surface area contributed by atoms with E-state index >= 15 is 0 Å². The number of para-hydroxylation sites is 1. The molecule has 0 atom stereocenters. The van der Waals surface area contributed by atoms with Gasteiger partial charge in [-0.1, -0.05) is 42.0 Å². The minimum absolute atomic E-state index is 0.0361. The van der Waals surface area contributed by atoms with Crippen molar-refractivity contribution in [1.82, 2.24) is 5.59 Å². The highest BCUT2D eigenvalue weighted by molar-refractivity contribution is 7.86. The third-order valence-electron chi connectivity index (χ3n) is 2.44. The van der Waals surface area contributed by atoms with E-state index in [2.05, 4.69) is 15.3 Å². The summed E-state index contributed by atoms with van der Waals surface area (Å²) in [5.74, 6) is 0. The number of benzene rings is 2. The van der Waals surface area contributed by atoms with Crippen LogP contribution in [0.3, 0.4) is 0 Å². The summed E-state index contributed by atoms with van der Waals surface area (Å²) in [7, 11) is -4.08. The molecule has 2 aromatic carbocycles. The monoisotopic (exact) mass is 292 g/mol. The number of rotatable bonds is 6. The molecule has 2 rings (SSSR count). The summed E-state index contributed by atoms with van der Waals surface area (Å²) in [5.41, 5.74) is 5.37. The predicted molar refractivity (Wildman–Crippen MR) is 73.3 cm³/mol. The summed E-state index contributed by atoms with van der Waals surface area (Å²) in [6.45, 7) is 0. The second-order valence-electron chi connectivity index (χ2n) is 3.79. The molecule has 2 N–H and O–H groups in total. The van der Waals surface area contributed by atoms with Gasteiger partial charge in [0.05, 0.1) is 5.69 Å². The van der Waals surface area contributed by atoms with Crippen LogP contribution < -0.4 is 11.0 Å². The molecule has 7 heteroatoms. The van der Waals surface area contributed by atoms with Crippen molar-refractivity contribution in [2.24, 2.45) is 0 Å². The number of hydrazine groups is 1. The molecule has 0 radical (unpaired) electrons. The molecule has 0 heterocycles. The van der Waals surface area contributed by atoms with Crippen molar-refractivity contribution in [3.63, 3.8) is 0 Å². The van der Waals surface area contributed by atoms with Gasteiger partial charge >= 0.3 is 10.1 Å². The fourth-order valence-corrected chi connectivity index (χ4v) is 2.40. The van der Waals surface area contributed by atoms with Crippen molar-refractivity contribution < 1.29 is 17.5 Å². The summed E-state index contributed by atoms with van der Waals surface area (Å²) in [6, 6.07) is 14.6. The van der Waals surface area contributed by atoms with Crippen LogP contribution in [0.4, 0.5) is 5.69 Å². The first-order valence-electron chi connectivity index (χ1n) is 5.67. The van der Waals surface area contributed by atoms with E-state index in [0.29, 0.717) is 12.0 Å². The summed E-state index contributed by atoms with van der Waals surface area (Å²) >= 11 is 0. The normalized spacial score (nSPS) is 11.0. The molecule has 6 nitrogen and oxygen atoms in total. The SMILES string of the molecule is O=Cc1ccccc1S(=O)(=O)ONNc1ccccc1. The van der Waals surface area contributed by atoms with Gasteiger partial charge in [-0.3, -0.25) is 10.2 Å². The van der Waals surface area contributed by atoms with Crippen molar-refractivity contribution >= 4 is 22.1 Å². The molecule has 0 spiro atoms. The maximum atomic E-state index is 11.9. The van der Waals surface area contributed by atoms with Gasteiger partial charge in [-0.2, -0.15) is 12.7 Å². The number of carbonyl (C=O) groups is 1. The summed E-state index contributed by atoms with van der Waals surface area (Å²) in [5, 5.41) is 0. The van der Waals surface area contributed by atoms with Crippen molar-refractivity contribution in [3.05, 3.63) is 60.2 Å². The standard InChI is InChI=1S/C13H12N2O4S/c16-10-11-6-4-5-9-13(11)20(17,18)19-15-14-12-7-2-1-3-8-12/h1-10,14-15H. The quantitative estimate of drug-likeness (QED) is 0.623. The Morgan fingerprint density at radius 2 is 1.60 bits per heavy atom. The lowest BCUT2D eigenvalue weighted by atomic mass is 10.2. The first-order chi connectivity index (χ1) is 9.63. The molecule has 0 aliphatic heterocycles. The van der Waals surface area contributed by atoms with Gasteiger partial charge in [0.2, 0.25) is 0 Å². The number of anilines is 1. The Hall–Kier alpha value is -2.22. The Kier molecular flexibility index (Phi) is 4.46. The minimum Gasteiger partial charge on any atom is -0.298 e. The Bertz CT molecular complexity index is 687. The predicted octanol–water partition coefficient (Wildman–Crippen LogP) is 1.74. The Balaban J connectivity index is 2.06. The van der Waals surface area contributed by atoms with E-state index in [1.807, 2.05) is 6.07 Å². The van der Waals surface area contributed by atoms with Gasteiger partial charge in [-0.05, 0) is 18.2 Å². The average Bonchev–Trinajstić information content (AvgIpc) is 2.48. The van der Waals surface area contributed by atoms with Gasteiger partial charge in [0, 0.05) is 5.56 Å². The molecular weight excluding hydrogens is 280 g/mol. The first-order valence-corrected chi connectivity index (χ1v) is 7.08. The summed E-state index contributed by atoms with van der Waals surface area (Å²) in [4.78, 5) is 10.6. The van der Waals surface area contributed by atoms with Crippen LogP contribution in [0.2, 0.25) is 0 Å². The van der Waals surface area contributed by atoms with Gasteiger partial charge in [-0.25, -0.2) is 0 Å². The summed E-state index contributed by atoms with van der Waals surface area (Å²) in [6.07, 6.45) is 0.459. The van der Waals surface area contributed by atoms with Crippen molar-refractivity contribution in [1.29, 1.82) is 0 Å². The van der Waals surface area contributed by atoms with Crippen LogP contribution in [-0.4, -0.2) is 14.7 Å². The number of aldehydes is 1. The second-order valence-corrected chi connectivity index (χ2v) is 5.30. The van der Waals surface area contributed by atoms with Crippen LogP contribution in [0.15, 0.2) is 59.5 Å². The van der Waals surface area contributed by atoms with Crippen LogP contribution >= 0.6 is 0 Å². The lowest BCUT2D eigenvalue weighted by molar-refractivity contribution is 0.111. The minimum atomic E-state index is -4.08. The van der Waals surface area contributed by atoms with Gasteiger partial charge in [0.15, 0.2) is 6.29 Å². The highest BCUT2D eigenvalue weighted by Crippen LogP contribution is 2.15. The zero-order valence-corrected chi connectivity index (χ0v) is 11.1. The Morgan fingerprint density at radius 1 is 0.950 bits per heavy atom. The van der Waals surface area contributed by atoms with E-state index in [0.717, 1.165) is 0 Å². The van der Waals surface area contributed by atoms with Gasteiger partial charge < -0.3 is 0 Å². The molecule has 104 valence electrons. The van der Waals surface area contributed by atoms with E-state index in [9.17, 15) is 13.2 Å². The Morgan fingerprint density at radius 3 is 2.30 bits per heavy atom. The maximum absolute atomic E-state index is 11.9. The molecule has 20 heavy (non-hydrogen) atoms. The molecule has 0 amide bonds. The Labute approximate surface area is 116 Å². The van der Waals surface area contributed by atoms with Crippen LogP contribution in [-0.2, 0) is 14.4 Å². The fourth-order valence-electron chi connectivity index (χ4n) is 1.51. The number of carbonyl (C=O) groups excluding carboxylic acids is 1. The van der Waals surface area contributed by atoms with E-state index in [1.165, 1.54) is 18.2 Å². The van der Waals surface area contributed by atoms with E-state index < -0.39 is 10.1 Å². The lowest BCUT2D eigenvalue weighted by Gasteiger charge is -2.09. The zero-order valence-electron chi connectivity index (χ0n) is 10.3. The zero-order chi connectivity index (χ0) is 14.4. The molecule has 0 bridgehead atoms. The topological polar surface area (TPSA) is 84.5 Å². The first kappa shape index (κ1) is 14.2.